The zero-order chi connectivity index (χ0) is 33.4. The number of Topliss-reactive ketones (excluding diaryl/α,β-unsaturated/α-hetero) is 1. The van der Waals surface area contributed by atoms with Gasteiger partial charge in [-0.1, -0.05) is 18.2 Å². The fourth-order valence-corrected chi connectivity index (χ4v) is 9.03. The Morgan fingerprint density at radius 3 is 1.18 bits per heavy atom. The number of aryl methyl sites for hydroxylation is 3. The Kier molecular flexibility index (Phi) is 10.6. The minimum Gasteiger partial charge on any atom is -0.493 e. The number of fused-ring (bicyclic) bond motifs is 9. The first-order valence-electron chi connectivity index (χ1n) is 17.5. The lowest BCUT2D eigenvalue weighted by Gasteiger charge is -2.13. The van der Waals surface area contributed by atoms with Gasteiger partial charge in [-0.2, -0.15) is 13.5 Å². The normalized spacial score (nSPS) is 21.0. The van der Waals surface area contributed by atoms with Crippen LogP contribution in [-0.4, -0.2) is 47.8 Å². The van der Waals surface area contributed by atoms with Crippen molar-refractivity contribution in [3.8, 4) is 17.2 Å². The number of hydrogen-bond donors (Lipinski definition) is 2. The fourth-order valence-electron chi connectivity index (χ4n) is 9.03. The predicted octanol–water partition coefficient (Wildman–Crippen LogP) is 7.00. The summed E-state index contributed by atoms with van der Waals surface area (Å²) in [4.78, 5) is 32.9. The number of carbonyl (C=O) groups is 3. The van der Waals surface area contributed by atoms with Gasteiger partial charge >= 0.3 is 11.9 Å². The number of ether oxygens (including phenoxy) is 3. The highest BCUT2D eigenvalue weighted by Crippen LogP contribution is 2.45. The molecule has 6 aliphatic rings. The standard InChI is InChI=1S/C14H16O2.2C13H14O3.H2S/c1-9(15)8-11-3-2-10-4-5-13-12(14(10)11)6-7-16-13;2*14-12(15)7-9-2-1-8-3-4-11-10(13(8)9)5-6-16-11;/h4-5,11H,2-3,6-8H2,1H3;2*3-4,9H,1-2,5-7H2,(H,14,15);1H2/t11-;;;/m0.../s1. The van der Waals surface area contributed by atoms with Gasteiger partial charge in [-0.25, -0.2) is 0 Å². The van der Waals surface area contributed by atoms with Gasteiger partial charge in [0.15, 0.2) is 0 Å². The van der Waals surface area contributed by atoms with Gasteiger partial charge < -0.3 is 29.2 Å². The van der Waals surface area contributed by atoms with Crippen LogP contribution in [0.25, 0.3) is 0 Å². The Labute approximate surface area is 294 Å². The number of aliphatic carboxylic acids is 2. The Hall–Kier alpha value is -3.98. The lowest BCUT2D eigenvalue weighted by molar-refractivity contribution is -0.138. The topological polar surface area (TPSA) is 119 Å². The number of carboxylic acid groups (broad SMARTS) is 2. The Morgan fingerprint density at radius 1 is 0.551 bits per heavy atom. The highest BCUT2D eigenvalue weighted by Gasteiger charge is 2.32. The van der Waals surface area contributed by atoms with E-state index in [1.807, 2.05) is 12.1 Å². The molecule has 3 aliphatic heterocycles. The lowest BCUT2D eigenvalue weighted by atomic mass is 9.91. The highest BCUT2D eigenvalue weighted by molar-refractivity contribution is 7.59. The van der Waals surface area contributed by atoms with Crippen molar-refractivity contribution in [3.63, 3.8) is 0 Å². The van der Waals surface area contributed by atoms with Crippen LogP contribution in [0, 0.1) is 0 Å². The summed E-state index contributed by atoms with van der Waals surface area (Å²) < 4.78 is 16.7. The maximum Gasteiger partial charge on any atom is 0.303 e. The van der Waals surface area contributed by atoms with Gasteiger partial charge in [0.25, 0.3) is 0 Å². The molecule has 3 aromatic rings. The van der Waals surface area contributed by atoms with E-state index >= 15 is 0 Å². The number of ketones is 1. The maximum absolute atomic E-state index is 11.3. The largest absolute Gasteiger partial charge is 0.493 e. The summed E-state index contributed by atoms with van der Waals surface area (Å²) in [5.41, 5.74) is 12.0. The van der Waals surface area contributed by atoms with Gasteiger partial charge in [0, 0.05) is 42.4 Å². The third-order valence-electron chi connectivity index (χ3n) is 10.9. The number of carbonyl (C=O) groups excluding carboxylic acids is 1. The van der Waals surface area contributed by atoms with Crippen LogP contribution < -0.4 is 14.2 Å². The number of benzene rings is 3. The second-order valence-electron chi connectivity index (χ2n) is 13.9. The van der Waals surface area contributed by atoms with Gasteiger partial charge in [-0.15, -0.1) is 0 Å². The summed E-state index contributed by atoms with van der Waals surface area (Å²) in [7, 11) is 0. The number of rotatable bonds is 6. The summed E-state index contributed by atoms with van der Waals surface area (Å²) in [6, 6.07) is 12.5. The average molecular weight is 687 g/mol. The van der Waals surface area contributed by atoms with Crippen molar-refractivity contribution < 1.29 is 38.8 Å². The molecule has 0 aromatic heterocycles. The van der Waals surface area contributed by atoms with Crippen LogP contribution in [0.3, 0.4) is 0 Å². The van der Waals surface area contributed by atoms with Crippen LogP contribution in [0.2, 0.25) is 0 Å². The van der Waals surface area contributed by atoms with Crippen molar-refractivity contribution in [1.29, 1.82) is 0 Å². The summed E-state index contributed by atoms with van der Waals surface area (Å²) in [6.45, 7) is 3.98. The first-order chi connectivity index (χ1) is 23.3. The average Bonchev–Trinajstić information content (AvgIpc) is 3.88. The van der Waals surface area contributed by atoms with Crippen LogP contribution >= 0.6 is 13.5 Å². The molecule has 3 aliphatic carbocycles. The first-order valence-corrected chi connectivity index (χ1v) is 17.5. The van der Waals surface area contributed by atoms with Gasteiger partial charge in [-0.05, 0) is 115 Å². The number of hydrogen-bond acceptors (Lipinski definition) is 6. The molecule has 0 bridgehead atoms. The fraction of sp³-hybridized carbons (Fsp3) is 0.475. The summed E-state index contributed by atoms with van der Waals surface area (Å²) in [5.74, 6) is 2.73. The van der Waals surface area contributed by atoms with Crippen LogP contribution in [0.15, 0.2) is 36.4 Å². The van der Waals surface area contributed by atoms with Crippen molar-refractivity contribution >= 4 is 31.2 Å². The van der Waals surface area contributed by atoms with E-state index in [-0.39, 0.29) is 38.2 Å². The summed E-state index contributed by atoms with van der Waals surface area (Å²) in [5, 5.41) is 17.8. The van der Waals surface area contributed by atoms with E-state index in [1.165, 1.54) is 50.1 Å². The van der Waals surface area contributed by atoms with Crippen molar-refractivity contribution in [2.24, 2.45) is 0 Å². The molecule has 0 fully saturated rings. The van der Waals surface area contributed by atoms with Crippen LogP contribution in [-0.2, 0) is 52.9 Å². The van der Waals surface area contributed by atoms with Crippen LogP contribution in [0.1, 0.15) is 113 Å². The second-order valence-corrected chi connectivity index (χ2v) is 13.9. The lowest BCUT2D eigenvalue weighted by Crippen LogP contribution is -2.05. The molecule has 8 nitrogen and oxygen atoms in total. The van der Waals surface area contributed by atoms with Gasteiger partial charge in [-0.3, -0.25) is 9.59 Å². The van der Waals surface area contributed by atoms with Gasteiger partial charge in [0.1, 0.15) is 23.0 Å². The van der Waals surface area contributed by atoms with Gasteiger partial charge in [0.05, 0.1) is 32.7 Å². The SMILES string of the molecule is CC(=O)C[C@@H]1CCc2ccc3c(c21)CCO3.O=C(O)CC1CCc2ccc3c(c21)CCO3.O=C(O)CC1CCc2ccc3c(c21)CCO3.S. The van der Waals surface area contributed by atoms with E-state index in [4.69, 9.17) is 24.4 Å². The molecule has 9 rings (SSSR count). The zero-order valence-corrected chi connectivity index (χ0v) is 29.1. The smallest absolute Gasteiger partial charge is 0.303 e. The number of carboxylic acids is 2. The van der Waals surface area contributed by atoms with E-state index in [2.05, 4.69) is 24.3 Å². The predicted molar refractivity (Wildman–Crippen MR) is 190 cm³/mol. The maximum atomic E-state index is 11.3. The molecule has 3 heterocycles. The quantitative estimate of drug-likeness (QED) is 0.285. The summed E-state index contributed by atoms with van der Waals surface area (Å²) >= 11 is 0. The molecule has 0 amide bonds. The van der Waals surface area contributed by atoms with Crippen LogP contribution in [0.4, 0.5) is 0 Å². The molecule has 0 spiro atoms. The molecule has 2 unspecified atom stereocenters. The molecule has 49 heavy (non-hydrogen) atoms. The van der Waals surface area contributed by atoms with E-state index in [1.54, 1.807) is 6.92 Å². The van der Waals surface area contributed by atoms with Crippen molar-refractivity contribution in [1.82, 2.24) is 0 Å². The van der Waals surface area contributed by atoms with Crippen molar-refractivity contribution in [3.05, 3.63) is 86.5 Å². The third-order valence-corrected chi connectivity index (χ3v) is 10.9. The van der Waals surface area contributed by atoms with E-state index < -0.39 is 11.9 Å². The zero-order valence-electron chi connectivity index (χ0n) is 28.1. The first kappa shape index (κ1) is 34.9. The Balaban J connectivity index is 0.000000126. The third kappa shape index (κ3) is 7.18. The minimum absolute atomic E-state index is 0. The molecule has 0 saturated heterocycles. The molecule has 3 atom stereocenters. The second kappa shape index (κ2) is 14.9. The molecule has 3 aromatic carbocycles. The van der Waals surface area contributed by atoms with E-state index in [0.29, 0.717) is 18.1 Å². The Bertz CT molecular complexity index is 1560. The van der Waals surface area contributed by atoms with Crippen molar-refractivity contribution in [2.45, 2.75) is 102 Å². The highest BCUT2D eigenvalue weighted by atomic mass is 32.1. The van der Waals surface area contributed by atoms with E-state index in [9.17, 15) is 14.4 Å². The Morgan fingerprint density at radius 2 is 0.878 bits per heavy atom. The molecule has 9 heteroatoms. The molecular formula is C40H46O8S. The molecule has 2 N–H and O–H groups in total. The molecule has 0 saturated carbocycles. The van der Waals surface area contributed by atoms with E-state index in [0.717, 1.165) is 94.9 Å². The molecular weight excluding hydrogens is 640 g/mol. The molecule has 0 radical (unpaired) electrons. The van der Waals surface area contributed by atoms with Crippen LogP contribution in [0.5, 0.6) is 17.2 Å². The van der Waals surface area contributed by atoms with Crippen molar-refractivity contribution in [2.75, 3.05) is 19.8 Å². The minimum atomic E-state index is -0.700. The molecule has 260 valence electrons. The monoisotopic (exact) mass is 686 g/mol. The summed E-state index contributed by atoms with van der Waals surface area (Å²) in [6.07, 6.45) is 10.3. The van der Waals surface area contributed by atoms with Gasteiger partial charge in [0.2, 0.25) is 0 Å².